The van der Waals surface area contributed by atoms with Gasteiger partial charge in [-0.05, 0) is 34.5 Å². The Morgan fingerprint density at radius 1 is 1.64 bits per heavy atom. The van der Waals surface area contributed by atoms with Crippen molar-refractivity contribution < 1.29 is 4.42 Å². The largest absolute Gasteiger partial charge is 0.467 e. The third-order valence-electron chi connectivity index (χ3n) is 2.09. The number of nitrogens with two attached hydrogens (primary N) is 1. The van der Waals surface area contributed by atoms with Gasteiger partial charge >= 0.3 is 0 Å². The predicted octanol–water partition coefficient (Wildman–Crippen LogP) is 2.18. The van der Waals surface area contributed by atoms with Crippen molar-refractivity contribution in [2.24, 2.45) is 0 Å². The normalized spacial score (nSPS) is 10.7. The van der Waals surface area contributed by atoms with E-state index in [1.807, 2.05) is 13.0 Å². The van der Waals surface area contributed by atoms with E-state index in [0.717, 1.165) is 15.8 Å². The monoisotopic (exact) mass is 255 g/mol. The molecule has 0 radical (unpaired) electrons. The molecule has 0 spiro atoms. The van der Waals surface area contributed by atoms with E-state index in [9.17, 15) is 0 Å². The van der Waals surface area contributed by atoms with Gasteiger partial charge in [-0.1, -0.05) is 0 Å². The molecular weight excluding hydrogens is 246 g/mol. The average molecular weight is 256 g/mol. The lowest BCUT2D eigenvalue weighted by atomic mass is 10.3. The first kappa shape index (κ1) is 9.33. The van der Waals surface area contributed by atoms with E-state index in [1.54, 1.807) is 17.1 Å². The number of halogens is 1. The van der Waals surface area contributed by atoms with Crippen molar-refractivity contribution in [1.82, 2.24) is 9.78 Å². The molecule has 14 heavy (non-hydrogen) atoms. The maximum absolute atomic E-state index is 5.78. The van der Waals surface area contributed by atoms with Gasteiger partial charge in [-0.25, -0.2) is 4.68 Å². The van der Waals surface area contributed by atoms with E-state index >= 15 is 0 Å². The van der Waals surface area contributed by atoms with Gasteiger partial charge in [-0.3, -0.25) is 0 Å². The van der Waals surface area contributed by atoms with Gasteiger partial charge in [-0.2, -0.15) is 5.10 Å². The highest BCUT2D eigenvalue weighted by atomic mass is 79.9. The quantitative estimate of drug-likeness (QED) is 0.895. The van der Waals surface area contributed by atoms with Crippen LogP contribution >= 0.6 is 15.9 Å². The van der Waals surface area contributed by atoms with Crippen LogP contribution in [0.5, 0.6) is 0 Å². The molecular formula is C9H10BrN3O. The number of nitrogens with zero attached hydrogens (tertiary/aromatic N) is 2. The van der Waals surface area contributed by atoms with Gasteiger partial charge in [0, 0.05) is 0 Å². The van der Waals surface area contributed by atoms with Gasteiger partial charge in [0.25, 0.3) is 0 Å². The SMILES string of the molecule is Cc1ccoc1Cn1ncc(Br)c1N. The molecule has 2 N–H and O–H groups in total. The van der Waals surface area contributed by atoms with Gasteiger partial charge in [0.1, 0.15) is 18.1 Å². The summed E-state index contributed by atoms with van der Waals surface area (Å²) in [6.45, 7) is 2.56. The molecule has 74 valence electrons. The van der Waals surface area contributed by atoms with Crippen LogP contribution in [0.2, 0.25) is 0 Å². The summed E-state index contributed by atoms with van der Waals surface area (Å²) in [5.74, 6) is 1.49. The molecule has 0 aliphatic carbocycles. The molecule has 0 aromatic carbocycles. The van der Waals surface area contributed by atoms with Crippen LogP contribution in [0, 0.1) is 6.92 Å². The van der Waals surface area contributed by atoms with E-state index in [4.69, 9.17) is 10.2 Å². The second kappa shape index (κ2) is 3.49. The highest BCUT2D eigenvalue weighted by Crippen LogP contribution is 2.20. The third-order valence-corrected chi connectivity index (χ3v) is 2.71. The number of hydrogen-bond donors (Lipinski definition) is 1. The molecule has 0 atom stereocenters. The predicted molar refractivity (Wildman–Crippen MR) is 56.9 cm³/mol. The Labute approximate surface area is 89.8 Å². The first-order chi connectivity index (χ1) is 6.68. The lowest BCUT2D eigenvalue weighted by Crippen LogP contribution is -2.05. The van der Waals surface area contributed by atoms with Gasteiger partial charge in [-0.15, -0.1) is 0 Å². The fourth-order valence-electron chi connectivity index (χ4n) is 1.20. The number of aryl methyl sites for hydroxylation is 1. The summed E-state index contributed by atoms with van der Waals surface area (Å²) < 4.78 is 7.80. The molecule has 2 aromatic heterocycles. The Bertz CT molecular complexity index is 447. The van der Waals surface area contributed by atoms with Crippen molar-refractivity contribution in [3.8, 4) is 0 Å². The molecule has 0 bridgehead atoms. The van der Waals surface area contributed by atoms with Crippen LogP contribution in [0.25, 0.3) is 0 Å². The summed E-state index contributed by atoms with van der Waals surface area (Å²) in [6, 6.07) is 1.92. The van der Waals surface area contributed by atoms with Crippen LogP contribution in [0.3, 0.4) is 0 Å². The molecule has 2 heterocycles. The molecule has 0 saturated heterocycles. The minimum atomic E-state index is 0.566. The molecule has 0 amide bonds. The van der Waals surface area contributed by atoms with Gasteiger partial charge < -0.3 is 10.2 Å². The zero-order chi connectivity index (χ0) is 10.1. The summed E-state index contributed by atoms with van der Waals surface area (Å²) in [5, 5.41) is 4.12. The maximum atomic E-state index is 5.78. The molecule has 2 aromatic rings. The number of nitrogen functional groups attached to an aromatic ring is 1. The molecule has 0 saturated carbocycles. The third kappa shape index (κ3) is 1.55. The van der Waals surface area contributed by atoms with Crippen molar-refractivity contribution >= 4 is 21.7 Å². The first-order valence-electron chi connectivity index (χ1n) is 4.18. The van der Waals surface area contributed by atoms with Crippen LogP contribution in [0.1, 0.15) is 11.3 Å². The Kier molecular flexibility index (Phi) is 2.33. The van der Waals surface area contributed by atoms with E-state index in [1.165, 1.54) is 0 Å². The highest BCUT2D eigenvalue weighted by molar-refractivity contribution is 9.10. The van der Waals surface area contributed by atoms with Crippen LogP contribution in [-0.2, 0) is 6.54 Å². The summed E-state index contributed by atoms with van der Waals surface area (Å²) in [4.78, 5) is 0. The van der Waals surface area contributed by atoms with Crippen LogP contribution in [0.15, 0.2) is 27.4 Å². The average Bonchev–Trinajstić information content (AvgIpc) is 2.68. The molecule has 2 rings (SSSR count). The van der Waals surface area contributed by atoms with Crippen molar-refractivity contribution in [2.45, 2.75) is 13.5 Å². The van der Waals surface area contributed by atoms with Gasteiger partial charge in [0.15, 0.2) is 0 Å². The van der Waals surface area contributed by atoms with E-state index in [2.05, 4.69) is 21.0 Å². The molecule has 0 aliphatic heterocycles. The van der Waals surface area contributed by atoms with Crippen LogP contribution < -0.4 is 5.73 Å². The standard InChI is InChI=1S/C9H10BrN3O/c1-6-2-3-14-8(6)5-13-9(11)7(10)4-12-13/h2-4H,5,11H2,1H3. The zero-order valence-electron chi connectivity index (χ0n) is 7.70. The number of aromatic nitrogens is 2. The van der Waals surface area contributed by atoms with Crippen molar-refractivity contribution in [2.75, 3.05) is 5.73 Å². The minimum absolute atomic E-state index is 0.566. The highest BCUT2D eigenvalue weighted by Gasteiger charge is 2.08. The fourth-order valence-corrected chi connectivity index (χ4v) is 1.50. The van der Waals surface area contributed by atoms with Crippen LogP contribution in [-0.4, -0.2) is 9.78 Å². The number of hydrogen-bond acceptors (Lipinski definition) is 3. The molecule has 4 nitrogen and oxygen atoms in total. The molecule has 0 fully saturated rings. The number of rotatable bonds is 2. The Morgan fingerprint density at radius 3 is 2.93 bits per heavy atom. The zero-order valence-corrected chi connectivity index (χ0v) is 9.28. The van der Waals surface area contributed by atoms with Gasteiger partial charge in [0.05, 0.1) is 16.9 Å². The summed E-state index contributed by atoms with van der Waals surface area (Å²) in [7, 11) is 0. The van der Waals surface area contributed by atoms with Crippen LogP contribution in [0.4, 0.5) is 5.82 Å². The summed E-state index contributed by atoms with van der Waals surface area (Å²) in [5.41, 5.74) is 6.89. The maximum Gasteiger partial charge on any atom is 0.136 e. The Morgan fingerprint density at radius 2 is 2.43 bits per heavy atom. The summed E-state index contributed by atoms with van der Waals surface area (Å²) >= 11 is 3.30. The van der Waals surface area contributed by atoms with E-state index < -0.39 is 0 Å². The van der Waals surface area contributed by atoms with E-state index in [-0.39, 0.29) is 0 Å². The lowest BCUT2D eigenvalue weighted by molar-refractivity contribution is 0.479. The molecule has 0 aliphatic rings. The molecule has 5 heteroatoms. The second-order valence-corrected chi connectivity index (χ2v) is 3.92. The lowest BCUT2D eigenvalue weighted by Gasteiger charge is -2.02. The Hall–Kier alpha value is -1.23. The van der Waals surface area contributed by atoms with Crippen molar-refractivity contribution in [1.29, 1.82) is 0 Å². The molecule has 0 unspecified atom stereocenters. The minimum Gasteiger partial charge on any atom is -0.467 e. The fraction of sp³-hybridized carbons (Fsp3) is 0.222. The van der Waals surface area contributed by atoms with Gasteiger partial charge in [0.2, 0.25) is 0 Å². The topological polar surface area (TPSA) is 57.0 Å². The second-order valence-electron chi connectivity index (χ2n) is 3.06. The van der Waals surface area contributed by atoms with Crippen molar-refractivity contribution in [3.63, 3.8) is 0 Å². The smallest absolute Gasteiger partial charge is 0.136 e. The van der Waals surface area contributed by atoms with E-state index in [0.29, 0.717) is 12.4 Å². The van der Waals surface area contributed by atoms with Crippen molar-refractivity contribution in [3.05, 3.63) is 34.3 Å². The number of furan rings is 1. The Balaban J connectivity index is 2.27. The summed E-state index contributed by atoms with van der Waals surface area (Å²) in [6.07, 6.45) is 3.34. The number of anilines is 1. The first-order valence-corrected chi connectivity index (χ1v) is 4.97.